The number of rotatable bonds is 6. The Morgan fingerprint density at radius 3 is 2.39 bits per heavy atom. The molecular weight excluding hydrogens is 380 g/mol. The van der Waals surface area contributed by atoms with Crippen LogP contribution in [0.2, 0.25) is 0 Å². The third kappa shape index (κ3) is 3.61. The van der Waals surface area contributed by atoms with Gasteiger partial charge < -0.3 is 4.90 Å². The zero-order valence-electron chi connectivity index (χ0n) is 13.3. The van der Waals surface area contributed by atoms with Gasteiger partial charge in [0.25, 0.3) is 5.91 Å². The van der Waals surface area contributed by atoms with Crippen LogP contribution in [0.3, 0.4) is 0 Å². The minimum Gasteiger partial charge on any atom is -0.335 e. The number of hydrogen-bond acceptors (Lipinski definition) is 3. The summed E-state index contributed by atoms with van der Waals surface area (Å²) in [6.07, 6.45) is 4.49. The number of carbonyl (C=O) groups excluding carboxylic acids is 1. The van der Waals surface area contributed by atoms with Crippen molar-refractivity contribution >= 4 is 31.9 Å². The highest BCUT2D eigenvalue weighted by molar-refractivity contribution is 9.10. The van der Waals surface area contributed by atoms with Gasteiger partial charge in [-0.25, -0.2) is 12.7 Å². The van der Waals surface area contributed by atoms with E-state index in [0.29, 0.717) is 22.0 Å². The lowest BCUT2D eigenvalue weighted by molar-refractivity contribution is 0.0734. The molecule has 0 spiro atoms. The van der Waals surface area contributed by atoms with E-state index in [1.165, 1.54) is 33.0 Å². The number of nitrogens with zero attached hydrogens (tertiary/aromatic N) is 2. The summed E-state index contributed by atoms with van der Waals surface area (Å²) in [4.78, 5) is 14.9. The van der Waals surface area contributed by atoms with E-state index in [-0.39, 0.29) is 10.8 Å². The summed E-state index contributed by atoms with van der Waals surface area (Å²) in [6, 6.07) is 5.17. The number of halogens is 1. The Morgan fingerprint density at radius 2 is 1.87 bits per heavy atom. The van der Waals surface area contributed by atoms with E-state index in [9.17, 15) is 13.2 Å². The molecule has 0 heterocycles. The Morgan fingerprint density at radius 1 is 1.22 bits per heavy atom. The fraction of sp³-hybridized carbons (Fsp3) is 0.562. The molecule has 0 unspecified atom stereocenters. The van der Waals surface area contributed by atoms with Crippen molar-refractivity contribution in [3.8, 4) is 0 Å². The van der Waals surface area contributed by atoms with Gasteiger partial charge in [0.1, 0.15) is 0 Å². The third-order valence-electron chi connectivity index (χ3n) is 4.34. The molecule has 0 bridgehead atoms. The molecule has 0 aliphatic heterocycles. The Labute approximate surface area is 145 Å². The van der Waals surface area contributed by atoms with Crippen LogP contribution in [0.5, 0.6) is 0 Å². The standard InChI is InChI=1S/C16H21BrN2O3S/c1-18(2)23(21,22)15-9-12(5-8-14(15)17)16(20)19(13-6-7-13)10-11-3-4-11/h5,8-9,11,13H,3-4,6-7,10H2,1-2H3. The van der Waals surface area contributed by atoms with Gasteiger partial charge in [-0.05, 0) is 65.7 Å². The van der Waals surface area contributed by atoms with Crippen molar-refractivity contribution in [2.75, 3.05) is 20.6 Å². The minimum atomic E-state index is -3.59. The van der Waals surface area contributed by atoms with Crippen LogP contribution in [0.4, 0.5) is 0 Å². The Balaban J connectivity index is 1.91. The molecule has 3 rings (SSSR count). The van der Waals surface area contributed by atoms with Gasteiger partial charge in [0.2, 0.25) is 10.0 Å². The predicted molar refractivity (Wildman–Crippen MR) is 91.8 cm³/mol. The van der Waals surface area contributed by atoms with Gasteiger partial charge in [0.05, 0.1) is 4.90 Å². The summed E-state index contributed by atoms with van der Waals surface area (Å²) in [5, 5.41) is 0. The van der Waals surface area contributed by atoms with Crippen LogP contribution in [0, 0.1) is 5.92 Å². The lowest BCUT2D eigenvalue weighted by atomic mass is 10.2. The molecule has 1 aromatic carbocycles. The fourth-order valence-corrected chi connectivity index (χ4v) is 4.40. The first-order chi connectivity index (χ1) is 10.8. The summed E-state index contributed by atoms with van der Waals surface area (Å²) in [5.74, 6) is 0.571. The van der Waals surface area contributed by atoms with Gasteiger partial charge in [0.15, 0.2) is 0 Å². The normalized spacial score (nSPS) is 18.3. The van der Waals surface area contributed by atoms with Crippen molar-refractivity contribution < 1.29 is 13.2 Å². The van der Waals surface area contributed by atoms with E-state index in [1.54, 1.807) is 12.1 Å². The maximum atomic E-state index is 12.9. The molecule has 0 saturated heterocycles. The molecule has 0 atom stereocenters. The largest absolute Gasteiger partial charge is 0.335 e. The summed E-state index contributed by atoms with van der Waals surface area (Å²) in [7, 11) is -0.617. The number of carbonyl (C=O) groups is 1. The van der Waals surface area contributed by atoms with Gasteiger partial charge in [-0.3, -0.25) is 4.79 Å². The summed E-state index contributed by atoms with van der Waals surface area (Å²) >= 11 is 3.28. The molecule has 5 nitrogen and oxygen atoms in total. The van der Waals surface area contributed by atoms with Crippen molar-refractivity contribution in [3.05, 3.63) is 28.2 Å². The van der Waals surface area contributed by atoms with Crippen LogP contribution >= 0.6 is 15.9 Å². The SMILES string of the molecule is CN(C)S(=O)(=O)c1cc(C(=O)N(CC2CC2)C2CC2)ccc1Br. The number of sulfonamides is 1. The maximum absolute atomic E-state index is 12.9. The third-order valence-corrected chi connectivity index (χ3v) is 7.15. The van der Waals surface area contributed by atoms with Crippen molar-refractivity contribution in [2.24, 2.45) is 5.92 Å². The molecule has 2 aliphatic carbocycles. The number of benzene rings is 1. The molecule has 1 amide bonds. The van der Waals surface area contributed by atoms with Crippen molar-refractivity contribution in [3.63, 3.8) is 0 Å². The first-order valence-corrected chi connectivity index (χ1v) is 10.1. The van der Waals surface area contributed by atoms with Crippen LogP contribution in [0.25, 0.3) is 0 Å². The fourth-order valence-electron chi connectivity index (χ4n) is 2.56. The average molecular weight is 401 g/mol. The van der Waals surface area contributed by atoms with Gasteiger partial charge in [-0.1, -0.05) is 0 Å². The van der Waals surface area contributed by atoms with E-state index >= 15 is 0 Å². The van der Waals surface area contributed by atoms with Crippen LogP contribution in [-0.4, -0.2) is 50.2 Å². The van der Waals surface area contributed by atoms with Crippen LogP contribution in [0.15, 0.2) is 27.6 Å². The van der Waals surface area contributed by atoms with E-state index in [4.69, 9.17) is 0 Å². The predicted octanol–water partition coefficient (Wildman–Crippen LogP) is 2.71. The summed E-state index contributed by atoms with van der Waals surface area (Å²) in [5.41, 5.74) is 0.446. The topological polar surface area (TPSA) is 57.7 Å². The molecule has 23 heavy (non-hydrogen) atoms. The number of amides is 1. The van der Waals surface area contributed by atoms with Crippen molar-refractivity contribution in [2.45, 2.75) is 36.6 Å². The highest BCUT2D eigenvalue weighted by Gasteiger charge is 2.37. The molecule has 0 aromatic heterocycles. The van der Waals surface area contributed by atoms with Crippen LogP contribution in [-0.2, 0) is 10.0 Å². The van der Waals surface area contributed by atoms with E-state index in [0.717, 1.165) is 23.7 Å². The second-order valence-electron chi connectivity index (χ2n) is 6.56. The lowest BCUT2D eigenvalue weighted by Crippen LogP contribution is -2.35. The van der Waals surface area contributed by atoms with Gasteiger partial charge in [-0.15, -0.1) is 0 Å². The zero-order chi connectivity index (χ0) is 16.8. The van der Waals surface area contributed by atoms with Gasteiger partial charge in [-0.2, -0.15) is 0 Å². The molecule has 2 fully saturated rings. The Bertz CT molecular complexity index is 725. The smallest absolute Gasteiger partial charge is 0.254 e. The maximum Gasteiger partial charge on any atom is 0.254 e. The average Bonchev–Trinajstić information content (AvgIpc) is 3.37. The summed E-state index contributed by atoms with van der Waals surface area (Å²) < 4.78 is 26.4. The molecular formula is C16H21BrN2O3S. The zero-order valence-corrected chi connectivity index (χ0v) is 15.7. The Kier molecular flexibility index (Phi) is 4.55. The quantitative estimate of drug-likeness (QED) is 0.737. The molecule has 126 valence electrons. The summed E-state index contributed by atoms with van der Waals surface area (Å²) in [6.45, 7) is 0.801. The van der Waals surface area contributed by atoms with E-state index in [1.807, 2.05) is 4.90 Å². The van der Waals surface area contributed by atoms with Gasteiger partial charge >= 0.3 is 0 Å². The number of hydrogen-bond donors (Lipinski definition) is 0. The second kappa shape index (κ2) is 6.18. The lowest BCUT2D eigenvalue weighted by Gasteiger charge is -2.23. The first kappa shape index (κ1) is 16.9. The van der Waals surface area contributed by atoms with Crippen LogP contribution < -0.4 is 0 Å². The molecule has 7 heteroatoms. The molecule has 0 N–H and O–H groups in total. The van der Waals surface area contributed by atoms with Crippen LogP contribution in [0.1, 0.15) is 36.0 Å². The van der Waals surface area contributed by atoms with Crippen molar-refractivity contribution in [1.29, 1.82) is 0 Å². The first-order valence-electron chi connectivity index (χ1n) is 7.83. The van der Waals surface area contributed by atoms with E-state index < -0.39 is 10.0 Å². The minimum absolute atomic E-state index is 0.0536. The van der Waals surface area contributed by atoms with Gasteiger partial charge in [0, 0.05) is 36.7 Å². The monoisotopic (exact) mass is 400 g/mol. The second-order valence-corrected chi connectivity index (χ2v) is 9.54. The highest BCUT2D eigenvalue weighted by atomic mass is 79.9. The molecule has 0 radical (unpaired) electrons. The van der Waals surface area contributed by atoms with E-state index in [2.05, 4.69) is 15.9 Å². The highest BCUT2D eigenvalue weighted by Crippen LogP contribution is 2.36. The van der Waals surface area contributed by atoms with Crippen molar-refractivity contribution in [1.82, 2.24) is 9.21 Å². The molecule has 2 saturated carbocycles. The molecule has 2 aliphatic rings. The molecule has 1 aromatic rings. The Hall–Kier alpha value is -0.920.